The van der Waals surface area contributed by atoms with Crippen molar-refractivity contribution in [1.82, 2.24) is 19.4 Å². The number of hydrogen-bond donors (Lipinski definition) is 0. The molecular weight excluding hydrogens is 352 g/mol. The number of amides is 2. The standard InChI is InChI=1S/C14H20N4O4S2/c1-24(21,22)14(4-2-5-14)13(20)18-7-3-6-17(8-9-18)12(19)11-10-15-16-23-11/h10H,2-9H2,1H3. The van der Waals surface area contributed by atoms with Gasteiger partial charge in [0.2, 0.25) is 5.91 Å². The van der Waals surface area contributed by atoms with E-state index in [2.05, 4.69) is 9.59 Å². The van der Waals surface area contributed by atoms with Gasteiger partial charge in [-0.1, -0.05) is 4.49 Å². The van der Waals surface area contributed by atoms with Gasteiger partial charge in [0.05, 0.1) is 6.20 Å². The smallest absolute Gasteiger partial charge is 0.267 e. The van der Waals surface area contributed by atoms with Crippen LogP contribution < -0.4 is 0 Å². The Balaban J connectivity index is 1.70. The Bertz CT molecular complexity index is 728. The van der Waals surface area contributed by atoms with Crippen LogP contribution in [0.4, 0.5) is 0 Å². The molecule has 1 saturated carbocycles. The summed E-state index contributed by atoms with van der Waals surface area (Å²) in [5, 5.41) is 3.67. The third-order valence-corrected chi connectivity index (χ3v) is 7.56. The lowest BCUT2D eigenvalue weighted by molar-refractivity contribution is -0.136. The Morgan fingerprint density at radius 3 is 2.33 bits per heavy atom. The van der Waals surface area contributed by atoms with Gasteiger partial charge in [-0.15, -0.1) is 5.10 Å². The lowest BCUT2D eigenvalue weighted by Gasteiger charge is -2.41. The van der Waals surface area contributed by atoms with E-state index in [1.807, 2.05) is 0 Å². The predicted octanol–water partition coefficient (Wildman–Crippen LogP) is 0.180. The van der Waals surface area contributed by atoms with Crippen LogP contribution in [0.25, 0.3) is 0 Å². The maximum atomic E-state index is 12.8. The molecule has 2 heterocycles. The molecule has 1 aromatic rings. The van der Waals surface area contributed by atoms with Gasteiger partial charge in [0, 0.05) is 32.4 Å². The highest BCUT2D eigenvalue weighted by molar-refractivity contribution is 7.93. The third-order valence-electron chi connectivity index (χ3n) is 4.90. The first-order chi connectivity index (χ1) is 11.3. The van der Waals surface area contributed by atoms with Gasteiger partial charge in [-0.2, -0.15) is 0 Å². The number of nitrogens with zero attached hydrogens (tertiary/aromatic N) is 4. The maximum absolute atomic E-state index is 12.8. The van der Waals surface area contributed by atoms with Gasteiger partial charge in [-0.25, -0.2) is 8.42 Å². The molecule has 132 valence electrons. The summed E-state index contributed by atoms with van der Waals surface area (Å²) in [6.45, 7) is 1.75. The van der Waals surface area contributed by atoms with Gasteiger partial charge in [-0.3, -0.25) is 9.59 Å². The van der Waals surface area contributed by atoms with Crippen LogP contribution in [0, 0.1) is 0 Å². The summed E-state index contributed by atoms with van der Waals surface area (Å²) >= 11 is 1.05. The molecule has 10 heteroatoms. The second-order valence-corrected chi connectivity index (χ2v) is 9.45. The van der Waals surface area contributed by atoms with E-state index in [9.17, 15) is 18.0 Å². The van der Waals surface area contributed by atoms with Gasteiger partial charge in [0.1, 0.15) is 4.88 Å². The van der Waals surface area contributed by atoms with E-state index in [1.54, 1.807) is 9.80 Å². The highest BCUT2D eigenvalue weighted by atomic mass is 32.2. The van der Waals surface area contributed by atoms with Gasteiger partial charge in [0.25, 0.3) is 5.91 Å². The van der Waals surface area contributed by atoms with Crippen molar-refractivity contribution in [2.45, 2.75) is 30.4 Å². The number of hydrogen-bond acceptors (Lipinski definition) is 7. The lowest BCUT2D eigenvalue weighted by atomic mass is 9.83. The molecule has 0 spiro atoms. The van der Waals surface area contributed by atoms with E-state index in [-0.39, 0.29) is 11.8 Å². The first kappa shape index (κ1) is 17.3. The molecule has 0 atom stereocenters. The van der Waals surface area contributed by atoms with E-state index in [1.165, 1.54) is 6.20 Å². The van der Waals surface area contributed by atoms with Gasteiger partial charge in [-0.05, 0) is 37.2 Å². The molecule has 1 aliphatic heterocycles. The topological polar surface area (TPSA) is 101 Å². The average molecular weight is 372 g/mol. The molecule has 0 N–H and O–H groups in total. The van der Waals surface area contributed by atoms with E-state index in [4.69, 9.17) is 0 Å². The van der Waals surface area contributed by atoms with Crippen molar-refractivity contribution in [2.75, 3.05) is 32.4 Å². The Kier molecular flexibility index (Phi) is 4.60. The fraction of sp³-hybridized carbons (Fsp3) is 0.714. The summed E-state index contributed by atoms with van der Waals surface area (Å²) in [6, 6.07) is 0. The zero-order valence-electron chi connectivity index (χ0n) is 13.5. The van der Waals surface area contributed by atoms with Crippen molar-refractivity contribution in [2.24, 2.45) is 0 Å². The largest absolute Gasteiger partial charge is 0.339 e. The molecule has 0 radical (unpaired) electrons. The SMILES string of the molecule is CS(=O)(=O)C1(C(=O)N2CCCN(C(=O)c3cnns3)CC2)CCC1. The number of sulfone groups is 1. The highest BCUT2D eigenvalue weighted by Gasteiger charge is 2.54. The van der Waals surface area contributed by atoms with Gasteiger partial charge < -0.3 is 9.80 Å². The number of rotatable bonds is 3. The first-order valence-electron chi connectivity index (χ1n) is 7.91. The minimum absolute atomic E-state index is 0.138. The Morgan fingerprint density at radius 1 is 1.12 bits per heavy atom. The second-order valence-electron chi connectivity index (χ2n) is 6.34. The van der Waals surface area contributed by atoms with E-state index in [0.717, 1.165) is 24.2 Å². The van der Waals surface area contributed by atoms with Crippen molar-refractivity contribution in [3.63, 3.8) is 0 Å². The molecule has 0 aromatic carbocycles. The summed E-state index contributed by atoms with van der Waals surface area (Å²) in [7, 11) is -3.44. The molecule has 3 rings (SSSR count). The molecule has 0 bridgehead atoms. The lowest BCUT2D eigenvalue weighted by Crippen LogP contribution is -2.58. The van der Waals surface area contributed by atoms with Crippen LogP contribution in [0.1, 0.15) is 35.4 Å². The fourth-order valence-electron chi connectivity index (χ4n) is 3.27. The minimum Gasteiger partial charge on any atom is -0.339 e. The summed E-state index contributed by atoms with van der Waals surface area (Å²) in [5.41, 5.74) is 0. The van der Waals surface area contributed by atoms with Crippen molar-refractivity contribution in [1.29, 1.82) is 0 Å². The molecule has 2 aliphatic rings. The molecular formula is C14H20N4O4S2. The minimum atomic E-state index is -3.44. The monoisotopic (exact) mass is 372 g/mol. The van der Waals surface area contributed by atoms with Gasteiger partial charge >= 0.3 is 0 Å². The molecule has 1 aliphatic carbocycles. The normalized spacial score (nSPS) is 21.0. The van der Waals surface area contributed by atoms with Gasteiger partial charge in [0.15, 0.2) is 14.6 Å². The zero-order valence-corrected chi connectivity index (χ0v) is 15.1. The molecule has 2 fully saturated rings. The summed E-state index contributed by atoms with van der Waals surface area (Å²) in [5.74, 6) is -0.439. The Hall–Kier alpha value is -1.55. The van der Waals surface area contributed by atoms with Crippen LogP contribution in [0.2, 0.25) is 0 Å². The quantitative estimate of drug-likeness (QED) is 0.750. The van der Waals surface area contributed by atoms with Crippen molar-refractivity contribution in [3.05, 3.63) is 11.1 Å². The van der Waals surface area contributed by atoms with E-state index < -0.39 is 14.6 Å². The van der Waals surface area contributed by atoms with Crippen LogP contribution in [-0.4, -0.2) is 76.8 Å². The zero-order chi connectivity index (χ0) is 17.4. The van der Waals surface area contributed by atoms with Crippen LogP contribution in [0.15, 0.2) is 6.20 Å². The van der Waals surface area contributed by atoms with Crippen LogP contribution in [0.5, 0.6) is 0 Å². The van der Waals surface area contributed by atoms with Crippen molar-refractivity contribution in [3.8, 4) is 0 Å². The van der Waals surface area contributed by atoms with Crippen LogP contribution >= 0.6 is 11.5 Å². The third kappa shape index (κ3) is 2.92. The van der Waals surface area contributed by atoms with Crippen molar-refractivity contribution >= 4 is 33.2 Å². The number of carbonyl (C=O) groups is 2. The highest BCUT2D eigenvalue weighted by Crippen LogP contribution is 2.40. The molecule has 0 unspecified atom stereocenters. The van der Waals surface area contributed by atoms with Crippen LogP contribution in [0.3, 0.4) is 0 Å². The second kappa shape index (κ2) is 6.40. The molecule has 24 heavy (non-hydrogen) atoms. The molecule has 8 nitrogen and oxygen atoms in total. The van der Waals surface area contributed by atoms with E-state index >= 15 is 0 Å². The predicted molar refractivity (Wildman–Crippen MR) is 88.4 cm³/mol. The molecule has 1 aromatic heterocycles. The Labute approximate surface area is 144 Å². The number of carbonyl (C=O) groups excluding carboxylic acids is 2. The number of aromatic nitrogens is 2. The van der Waals surface area contributed by atoms with Crippen molar-refractivity contribution < 1.29 is 18.0 Å². The maximum Gasteiger partial charge on any atom is 0.267 e. The average Bonchev–Trinajstić information content (AvgIpc) is 2.88. The Morgan fingerprint density at radius 2 is 1.79 bits per heavy atom. The molecule has 2 amide bonds. The summed E-state index contributed by atoms with van der Waals surface area (Å²) in [4.78, 5) is 29.0. The first-order valence-corrected chi connectivity index (χ1v) is 10.6. The summed E-state index contributed by atoms with van der Waals surface area (Å²) < 4.78 is 26.7. The molecule has 1 saturated heterocycles. The summed E-state index contributed by atoms with van der Waals surface area (Å²) in [6.07, 6.45) is 4.77. The van der Waals surface area contributed by atoms with E-state index in [0.29, 0.717) is 50.3 Å². The fourth-order valence-corrected chi connectivity index (χ4v) is 5.23. The van der Waals surface area contributed by atoms with Crippen LogP contribution in [-0.2, 0) is 14.6 Å².